The summed E-state index contributed by atoms with van der Waals surface area (Å²) in [5.74, 6) is 1.55. The van der Waals surface area contributed by atoms with Gasteiger partial charge in [-0.15, -0.1) is 0 Å². The van der Waals surface area contributed by atoms with E-state index in [2.05, 4.69) is 31.3 Å². The van der Waals surface area contributed by atoms with Gasteiger partial charge in [0.15, 0.2) is 0 Å². The van der Waals surface area contributed by atoms with Crippen molar-refractivity contribution >= 4 is 17.3 Å². The number of hydrogen-bond acceptors (Lipinski definition) is 4. The van der Waals surface area contributed by atoms with Crippen LogP contribution in [0.3, 0.4) is 0 Å². The van der Waals surface area contributed by atoms with Crippen molar-refractivity contribution in [2.24, 2.45) is 0 Å². The van der Waals surface area contributed by atoms with Crippen molar-refractivity contribution < 1.29 is 14.3 Å². The summed E-state index contributed by atoms with van der Waals surface area (Å²) in [6.45, 7) is 6.53. The zero-order chi connectivity index (χ0) is 25.2. The number of nitrogens with zero attached hydrogens (tertiary/aromatic N) is 1. The minimum absolute atomic E-state index is 0.0396. The minimum atomic E-state index is -0.388. The summed E-state index contributed by atoms with van der Waals surface area (Å²) < 4.78 is 11.9. The van der Waals surface area contributed by atoms with E-state index in [4.69, 9.17) is 9.47 Å². The van der Waals surface area contributed by atoms with Crippen molar-refractivity contribution in [3.63, 3.8) is 0 Å². The van der Waals surface area contributed by atoms with Crippen molar-refractivity contribution in [2.75, 3.05) is 17.3 Å². The molecule has 36 heavy (non-hydrogen) atoms. The minimum Gasteiger partial charge on any atom is -0.496 e. The summed E-state index contributed by atoms with van der Waals surface area (Å²) in [4.78, 5) is 15.5. The van der Waals surface area contributed by atoms with Gasteiger partial charge in [-0.05, 0) is 79.9 Å². The van der Waals surface area contributed by atoms with Crippen LogP contribution in [0, 0.1) is 20.8 Å². The lowest BCUT2D eigenvalue weighted by Gasteiger charge is -2.38. The maximum Gasteiger partial charge on any atom is 0.262 e. The van der Waals surface area contributed by atoms with Gasteiger partial charge in [0, 0.05) is 16.9 Å². The van der Waals surface area contributed by atoms with Gasteiger partial charge in [0.2, 0.25) is 0 Å². The number of ether oxygens (including phenoxy) is 2. The Bertz CT molecular complexity index is 1410. The lowest BCUT2D eigenvalue weighted by molar-refractivity contribution is 0.0975. The Morgan fingerprint density at radius 2 is 1.64 bits per heavy atom. The van der Waals surface area contributed by atoms with Gasteiger partial charge in [-0.25, -0.2) is 0 Å². The van der Waals surface area contributed by atoms with Crippen molar-refractivity contribution in [2.45, 2.75) is 33.5 Å². The van der Waals surface area contributed by atoms with Gasteiger partial charge in [-0.3, -0.25) is 9.69 Å². The molecule has 0 fully saturated rings. The van der Waals surface area contributed by atoms with Crippen molar-refractivity contribution in [3.8, 4) is 11.5 Å². The van der Waals surface area contributed by atoms with Gasteiger partial charge in [0.1, 0.15) is 24.3 Å². The van der Waals surface area contributed by atoms with Gasteiger partial charge < -0.3 is 14.8 Å². The third kappa shape index (κ3) is 4.40. The fraction of sp³-hybridized carbons (Fsp3) is 0.194. The summed E-state index contributed by atoms with van der Waals surface area (Å²) in [7, 11) is 1.66. The van der Waals surface area contributed by atoms with Gasteiger partial charge >= 0.3 is 0 Å². The predicted octanol–water partition coefficient (Wildman–Crippen LogP) is 6.97. The van der Waals surface area contributed by atoms with Crippen LogP contribution in [-0.2, 0) is 6.61 Å². The topological polar surface area (TPSA) is 50.8 Å². The van der Waals surface area contributed by atoms with E-state index in [1.54, 1.807) is 7.11 Å². The van der Waals surface area contributed by atoms with Crippen LogP contribution < -0.4 is 19.7 Å². The number of aryl methyl sites for hydroxylation is 2. The highest BCUT2D eigenvalue weighted by atomic mass is 16.5. The number of fused-ring (bicyclic) bond motifs is 1. The molecule has 0 bridgehead atoms. The predicted molar refractivity (Wildman–Crippen MR) is 144 cm³/mol. The second kappa shape index (κ2) is 9.78. The highest BCUT2D eigenvalue weighted by Crippen LogP contribution is 2.38. The first-order valence-electron chi connectivity index (χ1n) is 12.1. The van der Waals surface area contributed by atoms with Crippen LogP contribution in [0.5, 0.6) is 11.5 Å². The van der Waals surface area contributed by atoms with E-state index in [0.717, 1.165) is 45.1 Å². The van der Waals surface area contributed by atoms with Crippen LogP contribution in [0.4, 0.5) is 11.4 Å². The van der Waals surface area contributed by atoms with Crippen LogP contribution in [-0.4, -0.2) is 13.0 Å². The number of benzene rings is 4. The lowest BCUT2D eigenvalue weighted by atomic mass is 10.0. The fourth-order valence-corrected chi connectivity index (χ4v) is 4.58. The number of rotatable bonds is 6. The van der Waals surface area contributed by atoms with Crippen LogP contribution in [0.2, 0.25) is 0 Å². The van der Waals surface area contributed by atoms with E-state index in [-0.39, 0.29) is 12.1 Å². The Kier molecular flexibility index (Phi) is 6.38. The molecule has 182 valence electrons. The third-order valence-corrected chi connectivity index (χ3v) is 6.80. The summed E-state index contributed by atoms with van der Waals surface area (Å²) in [6.07, 6.45) is -0.388. The largest absolute Gasteiger partial charge is 0.496 e. The smallest absolute Gasteiger partial charge is 0.262 e. The number of carbonyl (C=O) groups excluding carboxylic acids is 1. The van der Waals surface area contributed by atoms with Crippen LogP contribution in [0.1, 0.15) is 44.3 Å². The Balaban J connectivity index is 1.54. The normalized spacial score (nSPS) is 14.7. The first kappa shape index (κ1) is 23.5. The summed E-state index contributed by atoms with van der Waals surface area (Å²) in [5, 5.41) is 3.59. The number of amides is 1. The first-order chi connectivity index (χ1) is 17.5. The number of nitrogens with one attached hydrogen (secondary N) is 1. The van der Waals surface area contributed by atoms with Crippen molar-refractivity contribution in [1.82, 2.24) is 0 Å². The SMILES string of the molecule is COc1ccc(C2Nc3ccccc3C(=O)N2c2ccc(C)cc2)cc1COc1cccc(C)c1C. The molecular weight excluding hydrogens is 448 g/mol. The number of carbonyl (C=O) groups is 1. The molecule has 1 heterocycles. The monoisotopic (exact) mass is 478 g/mol. The molecule has 1 amide bonds. The van der Waals surface area contributed by atoms with Gasteiger partial charge in [-0.2, -0.15) is 0 Å². The molecule has 5 nitrogen and oxygen atoms in total. The van der Waals surface area contributed by atoms with Gasteiger partial charge in [0.05, 0.1) is 12.7 Å². The molecule has 0 aliphatic carbocycles. The second-order valence-electron chi connectivity index (χ2n) is 9.16. The maximum atomic E-state index is 13.7. The van der Waals surface area contributed by atoms with Crippen LogP contribution in [0.25, 0.3) is 0 Å². The molecule has 5 rings (SSSR count). The molecule has 4 aromatic carbocycles. The molecule has 0 radical (unpaired) electrons. The Labute approximate surface area is 212 Å². The Morgan fingerprint density at radius 1 is 0.861 bits per heavy atom. The fourth-order valence-electron chi connectivity index (χ4n) is 4.58. The van der Waals surface area contributed by atoms with Crippen molar-refractivity contribution in [3.05, 3.63) is 118 Å². The van der Waals surface area contributed by atoms with E-state index in [0.29, 0.717) is 12.2 Å². The number of anilines is 2. The summed E-state index contributed by atoms with van der Waals surface area (Å²) in [6, 6.07) is 27.7. The molecule has 1 aliphatic heterocycles. The molecule has 1 atom stereocenters. The van der Waals surface area contributed by atoms with Crippen LogP contribution >= 0.6 is 0 Å². The first-order valence-corrected chi connectivity index (χ1v) is 12.1. The van der Waals surface area contributed by atoms with Crippen molar-refractivity contribution in [1.29, 1.82) is 0 Å². The highest BCUT2D eigenvalue weighted by molar-refractivity contribution is 6.12. The molecular formula is C31H30N2O3. The zero-order valence-corrected chi connectivity index (χ0v) is 21.0. The van der Waals surface area contributed by atoms with Gasteiger partial charge in [0.25, 0.3) is 5.91 Å². The Morgan fingerprint density at radius 3 is 2.42 bits per heavy atom. The van der Waals surface area contributed by atoms with E-state index < -0.39 is 0 Å². The molecule has 0 saturated carbocycles. The molecule has 1 N–H and O–H groups in total. The summed E-state index contributed by atoms with van der Waals surface area (Å²) >= 11 is 0. The Hall–Kier alpha value is -4.25. The number of para-hydroxylation sites is 1. The third-order valence-electron chi connectivity index (χ3n) is 6.80. The van der Waals surface area contributed by atoms with E-state index in [1.807, 2.05) is 84.6 Å². The van der Waals surface area contributed by atoms with E-state index in [9.17, 15) is 4.79 Å². The number of hydrogen-bond donors (Lipinski definition) is 1. The van der Waals surface area contributed by atoms with E-state index in [1.165, 1.54) is 5.56 Å². The molecule has 1 unspecified atom stereocenters. The molecule has 0 saturated heterocycles. The van der Waals surface area contributed by atoms with Gasteiger partial charge in [-0.1, -0.05) is 48.0 Å². The number of methoxy groups -OCH3 is 1. The second-order valence-corrected chi connectivity index (χ2v) is 9.16. The molecule has 0 aromatic heterocycles. The molecule has 1 aliphatic rings. The standard InChI is InChI=1S/C31H30N2O3/c1-20-12-15-25(16-13-20)33-30(32-27-10-6-5-9-26(27)31(33)34)23-14-17-29(35-4)24(18-23)19-36-28-11-7-8-21(2)22(28)3/h5-18,30,32H,19H2,1-4H3. The quantitative estimate of drug-likeness (QED) is 0.325. The van der Waals surface area contributed by atoms with E-state index >= 15 is 0 Å². The van der Waals surface area contributed by atoms with Crippen LogP contribution in [0.15, 0.2) is 84.9 Å². The zero-order valence-electron chi connectivity index (χ0n) is 21.0. The average molecular weight is 479 g/mol. The summed E-state index contributed by atoms with van der Waals surface area (Å²) in [5.41, 5.74) is 7.61. The molecule has 5 heteroatoms. The lowest BCUT2D eigenvalue weighted by Crippen LogP contribution is -2.43. The molecule has 4 aromatic rings. The average Bonchev–Trinajstić information content (AvgIpc) is 2.90. The highest BCUT2D eigenvalue weighted by Gasteiger charge is 2.34. The molecule has 0 spiro atoms. The maximum absolute atomic E-state index is 13.7.